The van der Waals surface area contributed by atoms with Gasteiger partial charge < -0.3 is 14.6 Å². The van der Waals surface area contributed by atoms with Crippen LogP contribution in [0.5, 0.6) is 11.5 Å². The molecule has 0 amide bonds. The van der Waals surface area contributed by atoms with Gasteiger partial charge in [-0.25, -0.2) is 0 Å². The van der Waals surface area contributed by atoms with E-state index in [0.717, 1.165) is 16.9 Å². The van der Waals surface area contributed by atoms with Crippen LogP contribution in [0, 0.1) is 6.92 Å². The highest BCUT2D eigenvalue weighted by Gasteiger charge is 2.19. The number of aliphatic hydroxyl groups excluding tert-OH is 1. The summed E-state index contributed by atoms with van der Waals surface area (Å²) in [6.07, 6.45) is 0.543. The Balaban J connectivity index is 2.49. The van der Waals surface area contributed by atoms with Crippen molar-refractivity contribution in [1.82, 2.24) is 0 Å². The number of rotatable bonds is 2. The fourth-order valence-corrected chi connectivity index (χ4v) is 2.10. The summed E-state index contributed by atoms with van der Waals surface area (Å²) in [4.78, 5) is 0. The van der Waals surface area contributed by atoms with Crippen molar-refractivity contribution < 1.29 is 14.6 Å². The average Bonchev–Trinajstić information content (AvgIpc) is 2.24. The molecule has 0 aliphatic carbocycles. The molecule has 0 unspecified atom stereocenters. The molecular formula is C11H13ClO3. The van der Waals surface area contributed by atoms with Crippen LogP contribution in [0.4, 0.5) is 0 Å². The second-order valence-electron chi connectivity index (χ2n) is 3.46. The predicted octanol–water partition coefficient (Wildman–Crippen LogP) is 1.95. The van der Waals surface area contributed by atoms with Gasteiger partial charge in [-0.2, -0.15) is 0 Å². The Morgan fingerprint density at radius 2 is 2.13 bits per heavy atom. The zero-order valence-corrected chi connectivity index (χ0v) is 9.30. The Bertz CT molecular complexity index is 377. The molecule has 0 saturated carbocycles. The summed E-state index contributed by atoms with van der Waals surface area (Å²) in [6.45, 7) is 3.14. The van der Waals surface area contributed by atoms with Crippen LogP contribution in [0.1, 0.15) is 11.1 Å². The van der Waals surface area contributed by atoms with Gasteiger partial charge >= 0.3 is 0 Å². The second kappa shape index (κ2) is 4.29. The number of hydrogen-bond acceptors (Lipinski definition) is 3. The predicted molar refractivity (Wildman–Crippen MR) is 58.0 cm³/mol. The first kappa shape index (κ1) is 10.6. The maximum Gasteiger partial charge on any atom is 0.164 e. The first-order valence-corrected chi connectivity index (χ1v) is 5.30. The topological polar surface area (TPSA) is 38.7 Å². The van der Waals surface area contributed by atoms with E-state index in [9.17, 15) is 0 Å². The SMILES string of the molecule is Cc1c(CCO)c(Cl)cc2c1OCCO2. The van der Waals surface area contributed by atoms with Gasteiger partial charge in [-0.1, -0.05) is 11.6 Å². The molecular weight excluding hydrogens is 216 g/mol. The van der Waals surface area contributed by atoms with Crippen molar-refractivity contribution in [2.24, 2.45) is 0 Å². The highest BCUT2D eigenvalue weighted by atomic mass is 35.5. The third-order valence-electron chi connectivity index (χ3n) is 2.51. The van der Waals surface area contributed by atoms with Gasteiger partial charge in [0.2, 0.25) is 0 Å². The van der Waals surface area contributed by atoms with Crippen molar-refractivity contribution in [2.75, 3.05) is 19.8 Å². The standard InChI is InChI=1S/C11H13ClO3/c1-7-8(2-3-13)9(12)6-10-11(7)15-5-4-14-10/h6,13H,2-5H2,1H3. The van der Waals surface area contributed by atoms with E-state index in [-0.39, 0.29) is 6.61 Å². The van der Waals surface area contributed by atoms with E-state index in [1.165, 1.54) is 0 Å². The molecule has 0 saturated heterocycles. The summed E-state index contributed by atoms with van der Waals surface area (Å²) in [5.74, 6) is 1.46. The summed E-state index contributed by atoms with van der Waals surface area (Å²) < 4.78 is 11.0. The van der Waals surface area contributed by atoms with E-state index >= 15 is 0 Å². The molecule has 3 nitrogen and oxygen atoms in total. The van der Waals surface area contributed by atoms with E-state index in [1.54, 1.807) is 6.07 Å². The third-order valence-corrected chi connectivity index (χ3v) is 2.85. The van der Waals surface area contributed by atoms with Crippen LogP contribution in [-0.4, -0.2) is 24.9 Å². The molecule has 4 heteroatoms. The molecule has 82 valence electrons. The van der Waals surface area contributed by atoms with Crippen molar-refractivity contribution in [3.63, 3.8) is 0 Å². The molecule has 0 atom stereocenters. The highest BCUT2D eigenvalue weighted by molar-refractivity contribution is 6.31. The van der Waals surface area contributed by atoms with E-state index in [2.05, 4.69) is 0 Å². The van der Waals surface area contributed by atoms with Crippen LogP contribution in [0.3, 0.4) is 0 Å². The molecule has 1 heterocycles. The lowest BCUT2D eigenvalue weighted by molar-refractivity contribution is 0.170. The number of benzene rings is 1. The Morgan fingerprint density at radius 1 is 1.40 bits per heavy atom. The fourth-order valence-electron chi connectivity index (χ4n) is 1.77. The van der Waals surface area contributed by atoms with E-state index in [0.29, 0.717) is 30.4 Å². The van der Waals surface area contributed by atoms with Crippen molar-refractivity contribution in [3.8, 4) is 11.5 Å². The Morgan fingerprint density at radius 3 is 2.87 bits per heavy atom. The minimum atomic E-state index is 0.0835. The maximum absolute atomic E-state index is 8.94. The second-order valence-corrected chi connectivity index (χ2v) is 3.87. The molecule has 1 N–H and O–H groups in total. The molecule has 0 aromatic heterocycles. The maximum atomic E-state index is 8.94. The van der Waals surface area contributed by atoms with Gasteiger partial charge in [0.25, 0.3) is 0 Å². The number of halogens is 1. The summed E-state index contributed by atoms with van der Waals surface area (Å²) in [5.41, 5.74) is 1.90. The van der Waals surface area contributed by atoms with Gasteiger partial charge in [0.15, 0.2) is 11.5 Å². The quantitative estimate of drug-likeness (QED) is 0.841. The molecule has 0 bridgehead atoms. The Hall–Kier alpha value is -0.930. The van der Waals surface area contributed by atoms with E-state index in [1.807, 2.05) is 6.92 Å². The number of ether oxygens (including phenoxy) is 2. The van der Waals surface area contributed by atoms with Crippen molar-refractivity contribution in [3.05, 3.63) is 22.2 Å². The molecule has 1 aliphatic rings. The van der Waals surface area contributed by atoms with Crippen LogP contribution >= 0.6 is 11.6 Å². The summed E-state index contributed by atoms with van der Waals surface area (Å²) in [7, 11) is 0. The van der Waals surface area contributed by atoms with Crippen LogP contribution in [0.25, 0.3) is 0 Å². The Labute approximate surface area is 93.6 Å². The summed E-state index contributed by atoms with van der Waals surface area (Å²) in [6, 6.07) is 1.76. The van der Waals surface area contributed by atoms with Crippen LogP contribution in [0.15, 0.2) is 6.07 Å². The minimum Gasteiger partial charge on any atom is -0.486 e. The lowest BCUT2D eigenvalue weighted by atomic mass is 10.0. The van der Waals surface area contributed by atoms with Crippen LogP contribution < -0.4 is 9.47 Å². The van der Waals surface area contributed by atoms with Crippen molar-refractivity contribution in [2.45, 2.75) is 13.3 Å². The minimum absolute atomic E-state index is 0.0835. The molecule has 0 radical (unpaired) electrons. The molecule has 0 fully saturated rings. The number of hydrogen-bond donors (Lipinski definition) is 1. The fraction of sp³-hybridized carbons (Fsp3) is 0.455. The molecule has 1 aromatic rings. The monoisotopic (exact) mass is 228 g/mol. The van der Waals surface area contributed by atoms with Gasteiger partial charge in [-0.05, 0) is 24.5 Å². The van der Waals surface area contributed by atoms with E-state index < -0.39 is 0 Å². The van der Waals surface area contributed by atoms with Crippen LogP contribution in [0.2, 0.25) is 5.02 Å². The molecule has 2 rings (SSSR count). The average molecular weight is 229 g/mol. The normalized spacial score (nSPS) is 14.1. The largest absolute Gasteiger partial charge is 0.486 e. The molecule has 1 aromatic carbocycles. The zero-order valence-electron chi connectivity index (χ0n) is 8.55. The molecule has 15 heavy (non-hydrogen) atoms. The molecule has 0 spiro atoms. The lowest BCUT2D eigenvalue weighted by Crippen LogP contribution is -2.17. The van der Waals surface area contributed by atoms with Gasteiger partial charge in [-0.15, -0.1) is 0 Å². The lowest BCUT2D eigenvalue weighted by Gasteiger charge is -2.22. The van der Waals surface area contributed by atoms with Gasteiger partial charge in [-0.3, -0.25) is 0 Å². The van der Waals surface area contributed by atoms with Gasteiger partial charge in [0.05, 0.1) is 0 Å². The summed E-state index contributed by atoms with van der Waals surface area (Å²) >= 11 is 6.10. The zero-order chi connectivity index (χ0) is 10.8. The summed E-state index contributed by atoms with van der Waals surface area (Å²) in [5, 5.41) is 9.57. The van der Waals surface area contributed by atoms with Gasteiger partial charge in [0, 0.05) is 17.7 Å². The number of aliphatic hydroxyl groups is 1. The van der Waals surface area contributed by atoms with Gasteiger partial charge in [0.1, 0.15) is 13.2 Å². The smallest absolute Gasteiger partial charge is 0.164 e. The van der Waals surface area contributed by atoms with E-state index in [4.69, 9.17) is 26.2 Å². The van der Waals surface area contributed by atoms with Crippen LogP contribution in [-0.2, 0) is 6.42 Å². The number of fused-ring (bicyclic) bond motifs is 1. The van der Waals surface area contributed by atoms with Crippen molar-refractivity contribution >= 4 is 11.6 Å². The molecule has 1 aliphatic heterocycles. The first-order valence-electron chi connectivity index (χ1n) is 4.92. The first-order chi connectivity index (χ1) is 7.24. The third kappa shape index (κ3) is 1.90. The van der Waals surface area contributed by atoms with Crippen molar-refractivity contribution in [1.29, 1.82) is 0 Å². The highest BCUT2D eigenvalue weighted by Crippen LogP contribution is 2.39. The Kier molecular flexibility index (Phi) is 3.03.